The van der Waals surface area contributed by atoms with Crippen LogP contribution in [0.4, 0.5) is 33.5 Å². The molecule has 3 unspecified atom stereocenters. The number of nitrogens with zero attached hydrogens (tertiary/aromatic N) is 4. The van der Waals surface area contributed by atoms with Crippen LogP contribution in [-0.4, -0.2) is 84.7 Å². The fourth-order valence-corrected chi connectivity index (χ4v) is 7.69. The minimum atomic E-state index is -4.81. The third-order valence-corrected chi connectivity index (χ3v) is 9.51. The number of hydrogen-bond acceptors (Lipinski definition) is 9. The number of alkyl halides is 4. The topological polar surface area (TPSA) is 98.0 Å². The van der Waals surface area contributed by atoms with Crippen molar-refractivity contribution in [3.8, 4) is 6.01 Å². The van der Waals surface area contributed by atoms with Gasteiger partial charge in [-0.2, -0.15) is 23.1 Å². The van der Waals surface area contributed by atoms with Crippen molar-refractivity contribution in [3.63, 3.8) is 0 Å². The van der Waals surface area contributed by atoms with E-state index >= 15 is 4.39 Å². The first-order valence-electron chi connectivity index (χ1n) is 14.8. The fourth-order valence-electron chi connectivity index (χ4n) is 7.69. The van der Waals surface area contributed by atoms with Gasteiger partial charge in [-0.25, -0.2) is 8.78 Å². The number of morpholine rings is 1. The number of nitrogen functional groups attached to an aromatic ring is 1. The highest BCUT2D eigenvalue weighted by Crippen LogP contribution is 2.45. The van der Waals surface area contributed by atoms with Gasteiger partial charge in [-0.05, 0) is 37.9 Å². The zero-order chi connectivity index (χ0) is 30.1. The first-order chi connectivity index (χ1) is 20.5. The zero-order valence-electron chi connectivity index (χ0n) is 23.9. The van der Waals surface area contributed by atoms with Crippen LogP contribution in [0.1, 0.15) is 53.3 Å². The average Bonchev–Trinajstić information content (AvgIpc) is 3.47. The standard InChI is InChI=1S/C29H35F5N6O3/c1-15-5-20(35)25(31)23(24(15)29(32,33)34)22-6-21-19(13-42-22)26(39-9-17-11-41-12-18(10-39)36-17)38-27(37-21)43-14-28-3-2-4-40(28)8-16(30)7-28/h5,16-18,22,36H,2-4,6-14,35H2,1H3/t16-,17?,18?,22?,28+/m1/s1. The lowest BCUT2D eigenvalue weighted by Gasteiger charge is -2.43. The van der Waals surface area contributed by atoms with Gasteiger partial charge in [-0.1, -0.05) is 0 Å². The van der Waals surface area contributed by atoms with Crippen LogP contribution in [0.15, 0.2) is 6.07 Å². The Balaban J connectivity index is 1.25. The summed E-state index contributed by atoms with van der Waals surface area (Å²) in [5, 5.41) is 3.53. The largest absolute Gasteiger partial charge is 0.461 e. The fraction of sp³-hybridized carbons (Fsp3) is 0.655. The number of halogens is 5. The molecule has 4 fully saturated rings. The van der Waals surface area contributed by atoms with Crippen LogP contribution in [0.25, 0.3) is 0 Å². The van der Waals surface area contributed by atoms with Crippen LogP contribution < -0.4 is 20.7 Å². The summed E-state index contributed by atoms with van der Waals surface area (Å²) in [6.45, 7) is 4.78. The van der Waals surface area contributed by atoms with Gasteiger partial charge in [0.05, 0.1) is 48.4 Å². The number of rotatable bonds is 5. The van der Waals surface area contributed by atoms with E-state index in [4.69, 9.17) is 24.9 Å². The minimum Gasteiger partial charge on any atom is -0.461 e. The average molecular weight is 611 g/mol. The van der Waals surface area contributed by atoms with Crippen LogP contribution in [0.3, 0.4) is 0 Å². The van der Waals surface area contributed by atoms with Crippen LogP contribution in [0.5, 0.6) is 6.01 Å². The van der Waals surface area contributed by atoms with E-state index < -0.39 is 40.9 Å². The summed E-state index contributed by atoms with van der Waals surface area (Å²) in [7, 11) is 0. The van der Waals surface area contributed by atoms with Gasteiger partial charge < -0.3 is 30.2 Å². The smallest absolute Gasteiger partial charge is 0.417 e. The number of aryl methyl sites for hydroxylation is 1. The number of piperazine rings is 1. The molecule has 5 aliphatic heterocycles. The Morgan fingerprint density at radius 2 is 1.95 bits per heavy atom. The molecule has 9 nitrogen and oxygen atoms in total. The van der Waals surface area contributed by atoms with E-state index in [0.717, 1.165) is 25.5 Å². The Morgan fingerprint density at radius 3 is 2.70 bits per heavy atom. The summed E-state index contributed by atoms with van der Waals surface area (Å²) in [6.07, 6.45) is -5.02. The quantitative estimate of drug-likeness (QED) is 0.390. The molecule has 2 aromatic rings. The molecule has 4 saturated heterocycles. The monoisotopic (exact) mass is 610 g/mol. The molecule has 234 valence electrons. The van der Waals surface area contributed by atoms with Crippen molar-refractivity contribution in [1.29, 1.82) is 0 Å². The van der Waals surface area contributed by atoms with E-state index in [0.29, 0.717) is 56.3 Å². The highest BCUT2D eigenvalue weighted by atomic mass is 19.4. The first-order valence-corrected chi connectivity index (χ1v) is 14.8. The van der Waals surface area contributed by atoms with Gasteiger partial charge in [-0.15, -0.1) is 0 Å². The maximum Gasteiger partial charge on any atom is 0.417 e. The summed E-state index contributed by atoms with van der Waals surface area (Å²) in [4.78, 5) is 13.7. The van der Waals surface area contributed by atoms with Gasteiger partial charge in [0, 0.05) is 55.7 Å². The molecule has 0 aliphatic carbocycles. The summed E-state index contributed by atoms with van der Waals surface area (Å²) in [5.74, 6) is -0.567. The van der Waals surface area contributed by atoms with E-state index in [1.165, 1.54) is 6.92 Å². The molecule has 5 atom stereocenters. The molecule has 0 radical (unpaired) electrons. The Labute approximate surface area is 245 Å². The Hall–Kier alpha value is -2.81. The van der Waals surface area contributed by atoms with Gasteiger partial charge in [0.2, 0.25) is 0 Å². The molecule has 0 saturated carbocycles. The normalized spacial score (nSPS) is 30.8. The van der Waals surface area contributed by atoms with Crippen molar-refractivity contribution in [3.05, 3.63) is 39.8 Å². The number of ether oxygens (including phenoxy) is 3. The summed E-state index contributed by atoms with van der Waals surface area (Å²) in [5.41, 5.74) is 4.15. The molecule has 0 amide bonds. The molecule has 3 N–H and O–H groups in total. The maximum absolute atomic E-state index is 15.3. The van der Waals surface area contributed by atoms with E-state index in [2.05, 4.69) is 20.1 Å². The number of nitrogens with two attached hydrogens (primary N) is 1. The first kappa shape index (κ1) is 28.9. The zero-order valence-corrected chi connectivity index (χ0v) is 23.9. The summed E-state index contributed by atoms with van der Waals surface area (Å²) in [6, 6.07) is 1.21. The lowest BCUT2D eigenvalue weighted by Crippen LogP contribution is -2.63. The number of fused-ring (bicyclic) bond motifs is 4. The lowest BCUT2D eigenvalue weighted by molar-refractivity contribution is -0.140. The van der Waals surface area contributed by atoms with Gasteiger partial charge in [0.1, 0.15) is 18.6 Å². The SMILES string of the molecule is Cc1cc(N)c(F)c(C2Cc3nc(OC[C@@]45CCCN4C[C@H](F)C5)nc(N4CC5COCC(C4)N5)c3CO2)c1C(F)(F)F. The molecule has 1 aromatic heterocycles. The predicted octanol–water partition coefficient (Wildman–Crippen LogP) is 3.47. The number of nitrogens with one attached hydrogen (secondary N) is 1. The van der Waals surface area contributed by atoms with Crippen molar-refractivity contribution < 1.29 is 36.2 Å². The number of hydrogen-bond donors (Lipinski definition) is 2. The molecule has 5 aliphatic rings. The lowest BCUT2D eigenvalue weighted by atomic mass is 9.91. The van der Waals surface area contributed by atoms with E-state index in [9.17, 15) is 17.6 Å². The van der Waals surface area contributed by atoms with Crippen LogP contribution in [0, 0.1) is 12.7 Å². The third kappa shape index (κ3) is 5.19. The van der Waals surface area contributed by atoms with Crippen LogP contribution in [0.2, 0.25) is 0 Å². The molecule has 0 spiro atoms. The van der Waals surface area contributed by atoms with Crippen molar-refractivity contribution in [2.24, 2.45) is 0 Å². The molecule has 14 heteroatoms. The third-order valence-electron chi connectivity index (χ3n) is 9.51. The van der Waals surface area contributed by atoms with Crippen molar-refractivity contribution in [1.82, 2.24) is 20.2 Å². The minimum absolute atomic E-state index is 0.0677. The second kappa shape index (κ2) is 10.7. The van der Waals surface area contributed by atoms with Gasteiger partial charge in [-0.3, -0.25) is 4.90 Å². The molecular formula is C29H35F5N6O3. The van der Waals surface area contributed by atoms with E-state index in [1.807, 2.05) is 0 Å². The predicted molar refractivity (Wildman–Crippen MR) is 146 cm³/mol. The molecule has 1 aromatic carbocycles. The molecule has 43 heavy (non-hydrogen) atoms. The Kier molecular flexibility index (Phi) is 7.18. The molecular weight excluding hydrogens is 575 g/mol. The second-order valence-electron chi connectivity index (χ2n) is 12.5. The molecule has 6 heterocycles. The molecule has 7 rings (SSSR count). The van der Waals surface area contributed by atoms with Crippen molar-refractivity contribution >= 4 is 11.5 Å². The number of aromatic nitrogens is 2. The maximum atomic E-state index is 15.3. The van der Waals surface area contributed by atoms with E-state index in [-0.39, 0.29) is 49.0 Å². The Morgan fingerprint density at radius 1 is 1.19 bits per heavy atom. The summed E-state index contributed by atoms with van der Waals surface area (Å²) >= 11 is 0. The van der Waals surface area contributed by atoms with Gasteiger partial charge in [0.15, 0.2) is 5.82 Å². The highest BCUT2D eigenvalue weighted by molar-refractivity contribution is 5.55. The van der Waals surface area contributed by atoms with Crippen LogP contribution in [-0.2, 0) is 28.7 Å². The Bertz CT molecular complexity index is 1400. The number of anilines is 2. The van der Waals surface area contributed by atoms with Gasteiger partial charge in [0.25, 0.3) is 0 Å². The van der Waals surface area contributed by atoms with Crippen LogP contribution >= 0.6 is 0 Å². The number of benzene rings is 1. The highest BCUT2D eigenvalue weighted by Gasteiger charge is 2.49. The second-order valence-corrected chi connectivity index (χ2v) is 12.5. The molecule has 2 bridgehead atoms. The van der Waals surface area contributed by atoms with E-state index in [1.54, 1.807) is 0 Å². The summed E-state index contributed by atoms with van der Waals surface area (Å²) < 4.78 is 90.1. The van der Waals surface area contributed by atoms with Crippen molar-refractivity contribution in [2.75, 3.05) is 56.6 Å². The van der Waals surface area contributed by atoms with Gasteiger partial charge >= 0.3 is 12.2 Å². The van der Waals surface area contributed by atoms with Crippen molar-refractivity contribution in [2.45, 2.75) is 75.3 Å².